The van der Waals surface area contributed by atoms with Gasteiger partial charge in [-0.3, -0.25) is 4.79 Å². The molecule has 0 bridgehead atoms. The molecule has 1 aromatic heterocycles. The number of hydrogen-bond acceptors (Lipinski definition) is 5. The van der Waals surface area contributed by atoms with Crippen LogP contribution in [0.5, 0.6) is 5.75 Å². The number of carbonyl (C=O) groups excluding carboxylic acids is 1. The van der Waals surface area contributed by atoms with Gasteiger partial charge in [-0.2, -0.15) is 4.31 Å². The van der Waals surface area contributed by atoms with Gasteiger partial charge >= 0.3 is 0 Å². The van der Waals surface area contributed by atoms with Crippen LogP contribution >= 0.6 is 0 Å². The lowest BCUT2D eigenvalue weighted by Crippen LogP contribution is -2.40. The standard InChI is InChI=1S/C25H29N3O5S/c1-18-16-24(19(2)28(18)21-6-8-22(32-3)9-7-21)25(29)26-17-20-4-10-23(11-5-20)34(30,31)27-12-14-33-15-13-27/h4-11,16H,12-15,17H2,1-3H3,(H,26,29). The monoisotopic (exact) mass is 483 g/mol. The molecule has 0 unspecified atom stereocenters. The van der Waals surface area contributed by atoms with Crippen LogP contribution in [0, 0.1) is 13.8 Å². The first-order chi connectivity index (χ1) is 16.3. The van der Waals surface area contributed by atoms with Crippen molar-refractivity contribution in [2.24, 2.45) is 0 Å². The topological polar surface area (TPSA) is 89.9 Å². The van der Waals surface area contributed by atoms with Crippen molar-refractivity contribution in [1.82, 2.24) is 14.2 Å². The van der Waals surface area contributed by atoms with Gasteiger partial charge in [0.25, 0.3) is 5.91 Å². The molecule has 1 N–H and O–H groups in total. The van der Waals surface area contributed by atoms with E-state index in [1.54, 1.807) is 31.4 Å². The van der Waals surface area contributed by atoms with E-state index in [4.69, 9.17) is 9.47 Å². The SMILES string of the molecule is COc1ccc(-n2c(C)cc(C(=O)NCc3ccc(S(=O)(=O)N4CCOCC4)cc3)c2C)cc1. The molecule has 0 spiro atoms. The Hall–Kier alpha value is -3.14. The zero-order valence-corrected chi connectivity index (χ0v) is 20.4. The third-order valence-corrected chi connectivity index (χ3v) is 7.90. The number of nitrogens with one attached hydrogen (secondary N) is 1. The summed E-state index contributed by atoms with van der Waals surface area (Å²) in [5, 5.41) is 2.94. The molecule has 9 heteroatoms. The van der Waals surface area contributed by atoms with Gasteiger partial charge in [0.15, 0.2) is 0 Å². The van der Waals surface area contributed by atoms with Crippen molar-refractivity contribution >= 4 is 15.9 Å². The smallest absolute Gasteiger partial charge is 0.253 e. The number of morpholine rings is 1. The number of methoxy groups -OCH3 is 1. The van der Waals surface area contributed by atoms with E-state index in [0.29, 0.717) is 38.4 Å². The highest BCUT2D eigenvalue weighted by atomic mass is 32.2. The zero-order valence-electron chi connectivity index (χ0n) is 19.6. The average molecular weight is 484 g/mol. The van der Waals surface area contributed by atoms with Crippen molar-refractivity contribution in [2.75, 3.05) is 33.4 Å². The number of aryl methyl sites for hydroxylation is 1. The van der Waals surface area contributed by atoms with Crippen LogP contribution in [0.4, 0.5) is 0 Å². The number of benzene rings is 2. The summed E-state index contributed by atoms with van der Waals surface area (Å²) < 4.78 is 39.5. The fourth-order valence-corrected chi connectivity index (χ4v) is 5.52. The van der Waals surface area contributed by atoms with E-state index in [-0.39, 0.29) is 10.8 Å². The van der Waals surface area contributed by atoms with Gasteiger partial charge in [0.05, 0.1) is 30.8 Å². The minimum Gasteiger partial charge on any atom is -0.497 e. The molecule has 34 heavy (non-hydrogen) atoms. The van der Waals surface area contributed by atoms with Crippen LogP contribution in [0.25, 0.3) is 5.69 Å². The summed E-state index contributed by atoms with van der Waals surface area (Å²) >= 11 is 0. The maximum atomic E-state index is 12.9. The highest BCUT2D eigenvalue weighted by molar-refractivity contribution is 7.89. The van der Waals surface area contributed by atoms with Gasteiger partial charge in [0.1, 0.15) is 5.75 Å². The third kappa shape index (κ3) is 4.86. The van der Waals surface area contributed by atoms with Crippen molar-refractivity contribution in [3.63, 3.8) is 0 Å². The minimum atomic E-state index is -3.54. The summed E-state index contributed by atoms with van der Waals surface area (Å²) in [7, 11) is -1.91. The van der Waals surface area contributed by atoms with Crippen molar-refractivity contribution in [1.29, 1.82) is 0 Å². The van der Waals surface area contributed by atoms with Gasteiger partial charge < -0.3 is 19.4 Å². The quantitative estimate of drug-likeness (QED) is 0.558. The fourth-order valence-electron chi connectivity index (χ4n) is 4.11. The second kappa shape index (κ2) is 10.0. The highest BCUT2D eigenvalue weighted by Gasteiger charge is 2.26. The predicted octanol–water partition coefficient (Wildman–Crippen LogP) is 3.05. The zero-order chi connectivity index (χ0) is 24.3. The molecule has 0 atom stereocenters. The molecule has 1 aliphatic rings. The van der Waals surface area contributed by atoms with Crippen LogP contribution in [0.3, 0.4) is 0 Å². The van der Waals surface area contributed by atoms with Crippen molar-refractivity contribution < 1.29 is 22.7 Å². The summed E-state index contributed by atoms with van der Waals surface area (Å²) in [6.07, 6.45) is 0. The van der Waals surface area contributed by atoms with Crippen LogP contribution in [-0.4, -0.2) is 56.6 Å². The number of rotatable bonds is 7. The van der Waals surface area contributed by atoms with E-state index in [2.05, 4.69) is 5.32 Å². The molecule has 0 aliphatic carbocycles. The molecule has 2 heterocycles. The number of nitrogens with zero attached hydrogens (tertiary/aromatic N) is 2. The van der Waals surface area contributed by atoms with E-state index in [9.17, 15) is 13.2 Å². The Bertz CT molecular complexity index is 1260. The molecule has 1 aliphatic heterocycles. The molecule has 3 aromatic rings. The van der Waals surface area contributed by atoms with Gasteiger partial charge in [-0.05, 0) is 61.9 Å². The first-order valence-electron chi connectivity index (χ1n) is 11.1. The lowest BCUT2D eigenvalue weighted by molar-refractivity contribution is 0.0730. The maximum Gasteiger partial charge on any atom is 0.253 e. The average Bonchev–Trinajstić information content (AvgIpc) is 3.17. The minimum absolute atomic E-state index is 0.183. The maximum absolute atomic E-state index is 12.9. The molecule has 2 aromatic carbocycles. The number of carbonyl (C=O) groups is 1. The molecule has 180 valence electrons. The summed E-state index contributed by atoms with van der Waals surface area (Å²) in [4.78, 5) is 13.2. The second-order valence-electron chi connectivity index (χ2n) is 8.16. The molecule has 0 saturated carbocycles. The van der Waals surface area contributed by atoms with Gasteiger partial charge in [-0.25, -0.2) is 8.42 Å². The lowest BCUT2D eigenvalue weighted by atomic mass is 10.2. The van der Waals surface area contributed by atoms with E-state index in [0.717, 1.165) is 28.4 Å². The van der Waals surface area contributed by atoms with E-state index < -0.39 is 10.0 Å². The Balaban J connectivity index is 1.44. The lowest BCUT2D eigenvalue weighted by Gasteiger charge is -2.26. The summed E-state index contributed by atoms with van der Waals surface area (Å²) in [5.74, 6) is 0.589. The Morgan fingerprint density at radius 3 is 2.29 bits per heavy atom. The third-order valence-electron chi connectivity index (χ3n) is 5.99. The number of amides is 1. The van der Waals surface area contributed by atoms with Gasteiger partial charge in [-0.1, -0.05) is 12.1 Å². The largest absolute Gasteiger partial charge is 0.497 e. The molecule has 4 rings (SSSR count). The van der Waals surface area contributed by atoms with Gasteiger partial charge in [0.2, 0.25) is 10.0 Å². The summed E-state index contributed by atoms with van der Waals surface area (Å²) in [6, 6.07) is 16.2. The molecule has 1 amide bonds. The molecular weight excluding hydrogens is 454 g/mol. The number of ether oxygens (including phenoxy) is 2. The van der Waals surface area contributed by atoms with Crippen molar-refractivity contribution in [2.45, 2.75) is 25.3 Å². The number of sulfonamides is 1. The summed E-state index contributed by atoms with van der Waals surface area (Å²) in [5.41, 5.74) is 4.16. The predicted molar refractivity (Wildman–Crippen MR) is 129 cm³/mol. The van der Waals surface area contributed by atoms with Crippen LogP contribution in [0.1, 0.15) is 27.3 Å². The Kier molecular flexibility index (Phi) is 7.06. The number of aromatic nitrogens is 1. The van der Waals surface area contributed by atoms with Crippen LogP contribution < -0.4 is 10.1 Å². The molecule has 1 saturated heterocycles. The van der Waals surface area contributed by atoms with Gasteiger partial charge in [0, 0.05) is 36.7 Å². The molecular formula is C25H29N3O5S. The van der Waals surface area contributed by atoms with E-state index in [1.165, 1.54) is 4.31 Å². The van der Waals surface area contributed by atoms with Crippen LogP contribution in [0.2, 0.25) is 0 Å². The Morgan fingerprint density at radius 2 is 1.68 bits per heavy atom. The van der Waals surface area contributed by atoms with Crippen LogP contribution in [0.15, 0.2) is 59.5 Å². The van der Waals surface area contributed by atoms with Crippen molar-refractivity contribution in [3.05, 3.63) is 77.1 Å². The van der Waals surface area contributed by atoms with E-state index >= 15 is 0 Å². The summed E-state index contributed by atoms with van der Waals surface area (Å²) in [6.45, 7) is 5.69. The van der Waals surface area contributed by atoms with E-state index in [1.807, 2.05) is 48.7 Å². The first kappa shape index (κ1) is 24.0. The fraction of sp³-hybridized carbons (Fsp3) is 0.320. The van der Waals surface area contributed by atoms with Crippen LogP contribution in [-0.2, 0) is 21.3 Å². The van der Waals surface area contributed by atoms with Gasteiger partial charge in [-0.15, -0.1) is 0 Å². The Morgan fingerprint density at radius 1 is 1.03 bits per heavy atom. The number of hydrogen-bond donors (Lipinski definition) is 1. The van der Waals surface area contributed by atoms with Crippen molar-refractivity contribution in [3.8, 4) is 11.4 Å². The Labute approximate surface area is 200 Å². The normalized spacial score (nSPS) is 14.7. The molecule has 0 radical (unpaired) electrons. The first-order valence-corrected chi connectivity index (χ1v) is 12.5. The molecule has 8 nitrogen and oxygen atoms in total. The highest BCUT2D eigenvalue weighted by Crippen LogP contribution is 2.23. The second-order valence-corrected chi connectivity index (χ2v) is 10.1. The molecule has 1 fully saturated rings.